The highest BCUT2D eigenvalue weighted by Crippen LogP contribution is 2.20. The van der Waals surface area contributed by atoms with E-state index in [0.29, 0.717) is 12.4 Å². The average molecular weight is 410 g/mol. The van der Waals surface area contributed by atoms with Crippen LogP contribution >= 0.6 is 0 Å². The molecule has 0 atom stereocenters. The number of hydrogen-bond acceptors (Lipinski definition) is 6. The van der Waals surface area contributed by atoms with Crippen LogP contribution in [-0.4, -0.2) is 31.9 Å². The molecule has 1 aliphatic rings. The highest BCUT2D eigenvalue weighted by Gasteiger charge is 2.31. The van der Waals surface area contributed by atoms with Crippen molar-refractivity contribution in [3.05, 3.63) is 36.4 Å². The van der Waals surface area contributed by atoms with E-state index in [-0.39, 0.29) is 9.96 Å². The molecule has 1 heterocycles. The van der Waals surface area contributed by atoms with Crippen molar-refractivity contribution in [1.29, 1.82) is 0 Å². The van der Waals surface area contributed by atoms with Crippen LogP contribution in [0.15, 0.2) is 41.3 Å². The summed E-state index contributed by atoms with van der Waals surface area (Å²) in [4.78, 5) is 22.7. The molecule has 1 aromatic carbocycles. The molecule has 0 saturated heterocycles. The van der Waals surface area contributed by atoms with E-state index in [1.165, 1.54) is 62.8 Å². The summed E-state index contributed by atoms with van der Waals surface area (Å²) in [6, 6.07) is 5.67. The first kappa shape index (κ1) is 22.1. The molecule has 8 heteroatoms. The van der Waals surface area contributed by atoms with Gasteiger partial charge >= 0.3 is 10.1 Å². The van der Waals surface area contributed by atoms with Gasteiger partial charge < -0.3 is 4.74 Å². The zero-order valence-electron chi connectivity index (χ0n) is 16.1. The predicted octanol–water partition coefficient (Wildman–Crippen LogP) is 3.75. The average Bonchev–Trinajstić information content (AvgIpc) is 2.99. The molecule has 0 spiro atoms. The van der Waals surface area contributed by atoms with Crippen molar-refractivity contribution in [2.45, 2.75) is 63.2 Å². The van der Waals surface area contributed by atoms with Crippen LogP contribution in [0.25, 0.3) is 0 Å². The molecule has 0 bridgehead atoms. The van der Waals surface area contributed by atoms with Crippen LogP contribution in [0.5, 0.6) is 5.75 Å². The molecule has 2 rings (SSSR count). The van der Waals surface area contributed by atoms with Gasteiger partial charge in [0.15, 0.2) is 0 Å². The highest BCUT2D eigenvalue weighted by molar-refractivity contribution is 7.86. The zero-order chi connectivity index (χ0) is 20.4. The molecule has 1 aliphatic heterocycles. The Morgan fingerprint density at radius 2 is 1.36 bits per heavy atom. The van der Waals surface area contributed by atoms with Gasteiger partial charge in [-0.3, -0.25) is 9.59 Å². The monoisotopic (exact) mass is 409 g/mol. The van der Waals surface area contributed by atoms with E-state index in [1.807, 2.05) is 0 Å². The Hall–Kier alpha value is -2.19. The fourth-order valence-electron chi connectivity index (χ4n) is 2.73. The van der Waals surface area contributed by atoms with Crippen LogP contribution in [0.1, 0.15) is 58.3 Å². The van der Waals surface area contributed by atoms with E-state index in [0.717, 1.165) is 25.0 Å². The van der Waals surface area contributed by atoms with Crippen molar-refractivity contribution in [2.24, 2.45) is 0 Å². The molecule has 154 valence electrons. The Morgan fingerprint density at radius 1 is 0.821 bits per heavy atom. The lowest BCUT2D eigenvalue weighted by molar-refractivity contribution is -0.161. The van der Waals surface area contributed by atoms with Gasteiger partial charge in [-0.15, -0.1) is 9.35 Å². The summed E-state index contributed by atoms with van der Waals surface area (Å²) < 4.78 is 34.6. The summed E-state index contributed by atoms with van der Waals surface area (Å²) >= 11 is 0. The van der Waals surface area contributed by atoms with Crippen LogP contribution < -0.4 is 4.74 Å². The number of nitrogens with zero attached hydrogens (tertiary/aromatic N) is 1. The normalized spacial score (nSPS) is 14.1. The second-order valence-corrected chi connectivity index (χ2v) is 8.16. The second-order valence-electron chi connectivity index (χ2n) is 6.63. The largest absolute Gasteiger partial charge is 0.494 e. The van der Waals surface area contributed by atoms with Gasteiger partial charge in [-0.05, 0) is 30.7 Å². The first-order chi connectivity index (χ1) is 13.4. The Labute approximate surface area is 166 Å². The van der Waals surface area contributed by atoms with E-state index in [1.54, 1.807) is 0 Å². The smallest absolute Gasteiger partial charge is 0.318 e. The second kappa shape index (κ2) is 11.0. The summed E-state index contributed by atoms with van der Waals surface area (Å²) in [5.74, 6) is -1.12. The van der Waals surface area contributed by atoms with Gasteiger partial charge in [-0.2, -0.15) is 8.42 Å². The molecular formula is C20H27NO6S. The number of imide groups is 1. The van der Waals surface area contributed by atoms with Gasteiger partial charge in [0.1, 0.15) is 5.75 Å². The quantitative estimate of drug-likeness (QED) is 0.364. The van der Waals surface area contributed by atoms with Crippen molar-refractivity contribution in [2.75, 3.05) is 6.61 Å². The Morgan fingerprint density at radius 3 is 1.93 bits per heavy atom. The minimum Gasteiger partial charge on any atom is -0.494 e. The van der Waals surface area contributed by atoms with Gasteiger partial charge in [0.2, 0.25) is 0 Å². The Kier molecular flexibility index (Phi) is 8.66. The Bertz CT molecular complexity index is 767. The number of carbonyl (C=O) groups is 2. The molecule has 2 amide bonds. The van der Waals surface area contributed by atoms with Crippen LogP contribution in [0.4, 0.5) is 0 Å². The van der Waals surface area contributed by atoms with Crippen molar-refractivity contribution in [1.82, 2.24) is 5.06 Å². The SMILES string of the molecule is CCCCCCCCCCOc1ccc(S(=O)(=O)ON2C(=O)C=CC2=O)cc1. The highest BCUT2D eigenvalue weighted by atomic mass is 32.2. The molecule has 0 saturated carbocycles. The maximum atomic E-state index is 12.2. The van der Waals surface area contributed by atoms with Gasteiger partial charge in [0, 0.05) is 12.2 Å². The molecular weight excluding hydrogens is 382 g/mol. The van der Waals surface area contributed by atoms with Crippen LogP contribution in [0, 0.1) is 0 Å². The van der Waals surface area contributed by atoms with E-state index in [4.69, 9.17) is 4.74 Å². The Balaban J connectivity index is 1.72. The van der Waals surface area contributed by atoms with E-state index >= 15 is 0 Å². The lowest BCUT2D eigenvalue weighted by Crippen LogP contribution is -2.32. The zero-order valence-corrected chi connectivity index (χ0v) is 16.9. The summed E-state index contributed by atoms with van der Waals surface area (Å²) in [6.45, 7) is 2.78. The van der Waals surface area contributed by atoms with E-state index in [9.17, 15) is 18.0 Å². The number of rotatable bonds is 13. The molecule has 0 fully saturated rings. The molecule has 7 nitrogen and oxygen atoms in total. The van der Waals surface area contributed by atoms with Crippen molar-refractivity contribution in [3.63, 3.8) is 0 Å². The maximum Gasteiger partial charge on any atom is 0.318 e. The number of amides is 2. The third-order valence-corrected chi connectivity index (χ3v) is 5.52. The van der Waals surface area contributed by atoms with E-state index < -0.39 is 21.9 Å². The third-order valence-electron chi connectivity index (χ3n) is 4.32. The van der Waals surface area contributed by atoms with E-state index in [2.05, 4.69) is 11.2 Å². The molecule has 1 aromatic rings. The predicted molar refractivity (Wildman–Crippen MR) is 104 cm³/mol. The number of unbranched alkanes of at least 4 members (excludes halogenated alkanes) is 7. The lowest BCUT2D eigenvalue weighted by Gasteiger charge is -2.13. The van der Waals surface area contributed by atoms with Crippen molar-refractivity contribution in [3.8, 4) is 5.75 Å². The fraction of sp³-hybridized carbons (Fsp3) is 0.500. The number of carbonyl (C=O) groups excluding carboxylic acids is 2. The summed E-state index contributed by atoms with van der Waals surface area (Å²) in [5, 5.41) is 0.210. The maximum absolute atomic E-state index is 12.2. The summed E-state index contributed by atoms with van der Waals surface area (Å²) in [5.41, 5.74) is 0. The standard InChI is InChI=1S/C20H27NO6S/c1-2-3-4-5-6-7-8-9-16-26-17-10-12-18(13-11-17)28(24,25)27-21-19(22)14-15-20(21)23/h10-15H,2-9,16H2,1H3. The minimum atomic E-state index is -4.28. The lowest BCUT2D eigenvalue weighted by atomic mass is 10.1. The number of benzene rings is 1. The first-order valence-corrected chi connectivity index (χ1v) is 11.1. The minimum absolute atomic E-state index is 0.167. The number of hydrogen-bond donors (Lipinski definition) is 0. The topological polar surface area (TPSA) is 90.0 Å². The molecule has 28 heavy (non-hydrogen) atoms. The van der Waals surface area contributed by atoms with Crippen LogP contribution in [-0.2, 0) is 24.0 Å². The molecule has 0 N–H and O–H groups in total. The fourth-order valence-corrected chi connectivity index (χ4v) is 3.63. The van der Waals surface area contributed by atoms with Crippen LogP contribution in [0.3, 0.4) is 0 Å². The molecule has 0 radical (unpaired) electrons. The van der Waals surface area contributed by atoms with Crippen molar-refractivity contribution < 1.29 is 27.0 Å². The van der Waals surface area contributed by atoms with Crippen LogP contribution in [0.2, 0.25) is 0 Å². The summed E-state index contributed by atoms with van der Waals surface area (Å²) in [6.07, 6.45) is 11.6. The summed E-state index contributed by atoms with van der Waals surface area (Å²) in [7, 11) is -4.28. The first-order valence-electron chi connectivity index (χ1n) is 9.67. The molecule has 0 aromatic heterocycles. The van der Waals surface area contributed by atoms with Gasteiger partial charge in [-0.1, -0.05) is 51.9 Å². The third kappa shape index (κ3) is 6.76. The molecule has 0 aliphatic carbocycles. The number of hydroxylamine groups is 2. The van der Waals surface area contributed by atoms with Gasteiger partial charge in [-0.25, -0.2) is 0 Å². The molecule has 0 unspecified atom stereocenters. The van der Waals surface area contributed by atoms with Gasteiger partial charge in [0.25, 0.3) is 11.8 Å². The van der Waals surface area contributed by atoms with Gasteiger partial charge in [0.05, 0.1) is 11.5 Å². The number of ether oxygens (including phenoxy) is 1. The van der Waals surface area contributed by atoms with Crippen molar-refractivity contribution >= 4 is 21.9 Å².